The number of pyridine rings is 2. The lowest BCUT2D eigenvalue weighted by Gasteiger charge is -2.14. The van der Waals surface area contributed by atoms with Gasteiger partial charge in [-0.25, -0.2) is 14.6 Å². The van der Waals surface area contributed by atoms with Crippen LogP contribution < -0.4 is 5.32 Å². The van der Waals surface area contributed by atoms with E-state index in [4.69, 9.17) is 10.00 Å². The van der Waals surface area contributed by atoms with Gasteiger partial charge >= 0.3 is 0 Å². The van der Waals surface area contributed by atoms with E-state index in [0.717, 1.165) is 22.3 Å². The predicted molar refractivity (Wildman–Crippen MR) is 116 cm³/mol. The van der Waals surface area contributed by atoms with Crippen molar-refractivity contribution in [3.8, 4) is 23.1 Å². The van der Waals surface area contributed by atoms with Crippen LogP contribution in [-0.2, 0) is 11.3 Å². The second-order valence-electron chi connectivity index (χ2n) is 7.26. The number of fused-ring (bicyclic) bond motifs is 1. The minimum Gasteiger partial charge on any atom is -0.382 e. The van der Waals surface area contributed by atoms with E-state index in [1.807, 2.05) is 19.2 Å². The highest BCUT2D eigenvalue weighted by molar-refractivity contribution is 5.79. The molecule has 0 radical (unpaired) electrons. The summed E-state index contributed by atoms with van der Waals surface area (Å²) in [4.78, 5) is 8.98. The highest BCUT2D eigenvalue weighted by Gasteiger charge is 2.15. The van der Waals surface area contributed by atoms with Crippen LogP contribution in [0.3, 0.4) is 0 Å². The molecule has 0 aliphatic carbocycles. The van der Waals surface area contributed by atoms with E-state index in [2.05, 4.69) is 50.6 Å². The molecule has 10 heteroatoms. The highest BCUT2D eigenvalue weighted by atomic mass is 16.5. The predicted octanol–water partition coefficient (Wildman–Crippen LogP) is 2.80. The van der Waals surface area contributed by atoms with Gasteiger partial charge in [-0.2, -0.15) is 15.0 Å². The van der Waals surface area contributed by atoms with Crippen molar-refractivity contribution in [3.63, 3.8) is 0 Å². The number of aromatic nitrogens is 7. The molecule has 1 N–H and O–H groups in total. The summed E-state index contributed by atoms with van der Waals surface area (Å²) < 4.78 is 8.81. The van der Waals surface area contributed by atoms with Gasteiger partial charge in [-0.3, -0.25) is 0 Å². The van der Waals surface area contributed by atoms with Crippen molar-refractivity contribution in [2.45, 2.75) is 33.4 Å². The summed E-state index contributed by atoms with van der Waals surface area (Å²) in [6.07, 6.45) is 6.85. The fraction of sp³-hybridized carbons (Fsp3) is 0.333. The highest BCUT2D eigenvalue weighted by Crippen LogP contribution is 2.28. The van der Waals surface area contributed by atoms with Crippen LogP contribution in [0.2, 0.25) is 0 Å². The van der Waals surface area contributed by atoms with Gasteiger partial charge in [0, 0.05) is 47.7 Å². The van der Waals surface area contributed by atoms with Crippen molar-refractivity contribution in [1.29, 1.82) is 5.26 Å². The minimum absolute atomic E-state index is 0.202. The summed E-state index contributed by atoms with van der Waals surface area (Å²) in [6, 6.07) is 5.97. The first kappa shape index (κ1) is 20.4. The molecule has 0 unspecified atom stereocenters. The molecule has 4 heterocycles. The zero-order chi connectivity index (χ0) is 21.8. The summed E-state index contributed by atoms with van der Waals surface area (Å²) in [7, 11) is 0. The molecule has 0 aromatic carbocycles. The van der Waals surface area contributed by atoms with Crippen LogP contribution in [0.15, 0.2) is 36.9 Å². The molecule has 0 atom stereocenters. The van der Waals surface area contributed by atoms with Gasteiger partial charge in [0.2, 0.25) is 0 Å². The molecular formula is C21H23N9O. The van der Waals surface area contributed by atoms with Crippen LogP contribution >= 0.6 is 0 Å². The molecule has 0 saturated carbocycles. The van der Waals surface area contributed by atoms with Crippen molar-refractivity contribution in [1.82, 2.24) is 34.7 Å². The molecule has 0 aliphatic heterocycles. The monoisotopic (exact) mass is 417 g/mol. The number of nitriles is 1. The molecule has 4 aromatic heterocycles. The fourth-order valence-corrected chi connectivity index (χ4v) is 3.18. The summed E-state index contributed by atoms with van der Waals surface area (Å²) in [6.45, 7) is 7.98. The van der Waals surface area contributed by atoms with Crippen molar-refractivity contribution < 1.29 is 4.74 Å². The SMILES string of the molecule is CCOCCn1cc(-c2cnc(-n3ncc4cc(C#N)cnc43)cc2NC(C)C)nn1. The third-order valence-electron chi connectivity index (χ3n) is 4.57. The maximum Gasteiger partial charge on any atom is 0.164 e. The summed E-state index contributed by atoms with van der Waals surface area (Å²) in [5, 5.41) is 26.2. The molecule has 4 rings (SSSR count). The van der Waals surface area contributed by atoms with Gasteiger partial charge in [0.15, 0.2) is 11.5 Å². The van der Waals surface area contributed by atoms with Gasteiger partial charge in [-0.1, -0.05) is 5.21 Å². The second-order valence-corrected chi connectivity index (χ2v) is 7.26. The summed E-state index contributed by atoms with van der Waals surface area (Å²) >= 11 is 0. The number of hydrogen-bond acceptors (Lipinski definition) is 8. The normalized spacial score (nSPS) is 11.2. The first-order valence-electron chi connectivity index (χ1n) is 10.1. The van der Waals surface area contributed by atoms with Crippen LogP contribution in [0.4, 0.5) is 5.69 Å². The van der Waals surface area contributed by atoms with Crippen molar-refractivity contribution in [2.24, 2.45) is 0 Å². The van der Waals surface area contributed by atoms with E-state index in [-0.39, 0.29) is 6.04 Å². The Hall–Kier alpha value is -3.84. The Morgan fingerprint density at radius 2 is 2.06 bits per heavy atom. The average Bonchev–Trinajstić information content (AvgIpc) is 3.40. The molecule has 0 bridgehead atoms. The van der Waals surface area contributed by atoms with Crippen molar-refractivity contribution >= 4 is 16.7 Å². The third kappa shape index (κ3) is 4.36. The largest absolute Gasteiger partial charge is 0.382 e. The molecule has 10 nitrogen and oxygen atoms in total. The van der Waals surface area contributed by atoms with Crippen LogP contribution in [-0.4, -0.2) is 54.0 Å². The summed E-state index contributed by atoms with van der Waals surface area (Å²) in [5.74, 6) is 0.614. The zero-order valence-corrected chi connectivity index (χ0v) is 17.6. The Bertz CT molecular complexity index is 1240. The molecule has 4 aromatic rings. The van der Waals surface area contributed by atoms with Crippen LogP contribution in [0.5, 0.6) is 0 Å². The maximum absolute atomic E-state index is 9.08. The Morgan fingerprint density at radius 1 is 1.19 bits per heavy atom. The van der Waals surface area contributed by atoms with E-state index in [1.54, 1.807) is 27.8 Å². The van der Waals surface area contributed by atoms with Gasteiger partial charge in [0.05, 0.1) is 31.1 Å². The van der Waals surface area contributed by atoms with Gasteiger partial charge in [-0.15, -0.1) is 5.10 Å². The summed E-state index contributed by atoms with van der Waals surface area (Å²) in [5.41, 5.74) is 3.56. The topological polar surface area (TPSA) is 119 Å². The van der Waals surface area contributed by atoms with Crippen molar-refractivity contribution in [2.75, 3.05) is 18.5 Å². The lowest BCUT2D eigenvalue weighted by atomic mass is 10.1. The molecule has 0 aliphatic rings. The van der Waals surface area contributed by atoms with Gasteiger partial charge in [0.1, 0.15) is 11.8 Å². The zero-order valence-electron chi connectivity index (χ0n) is 17.6. The number of hydrogen-bond donors (Lipinski definition) is 1. The molecule has 158 valence electrons. The maximum atomic E-state index is 9.08. The fourth-order valence-electron chi connectivity index (χ4n) is 3.18. The van der Waals surface area contributed by atoms with Gasteiger partial charge < -0.3 is 10.1 Å². The molecule has 0 spiro atoms. The van der Waals surface area contributed by atoms with E-state index >= 15 is 0 Å². The Kier molecular flexibility index (Phi) is 5.86. The lowest BCUT2D eigenvalue weighted by Crippen LogP contribution is -2.12. The number of nitrogens with zero attached hydrogens (tertiary/aromatic N) is 8. The van der Waals surface area contributed by atoms with E-state index in [9.17, 15) is 0 Å². The number of nitrogens with one attached hydrogen (secondary N) is 1. The molecule has 0 fully saturated rings. The van der Waals surface area contributed by atoms with Crippen LogP contribution in [0, 0.1) is 11.3 Å². The molecule has 0 amide bonds. The minimum atomic E-state index is 0.202. The molecule has 31 heavy (non-hydrogen) atoms. The number of anilines is 1. The van der Waals surface area contributed by atoms with E-state index < -0.39 is 0 Å². The van der Waals surface area contributed by atoms with Crippen LogP contribution in [0.1, 0.15) is 26.3 Å². The standard InChI is InChI=1S/C21H23N9O/c1-4-31-6-5-29-13-19(27-28-29)17-12-23-20(8-18(17)26-14(2)3)30-21-16(11-25-30)7-15(9-22)10-24-21/h7-8,10-14H,4-6H2,1-3H3,(H,23,26). The first-order valence-corrected chi connectivity index (χ1v) is 10.1. The Balaban J connectivity index is 1.70. The lowest BCUT2D eigenvalue weighted by molar-refractivity contribution is 0.136. The Morgan fingerprint density at radius 3 is 2.84 bits per heavy atom. The van der Waals surface area contributed by atoms with Crippen molar-refractivity contribution in [3.05, 3.63) is 42.5 Å². The number of ether oxygens (including phenoxy) is 1. The van der Waals surface area contributed by atoms with Crippen LogP contribution in [0.25, 0.3) is 28.1 Å². The second kappa shape index (κ2) is 8.89. The smallest absolute Gasteiger partial charge is 0.164 e. The number of rotatable bonds is 8. The van der Waals surface area contributed by atoms with Gasteiger partial charge in [0.25, 0.3) is 0 Å². The first-order chi connectivity index (χ1) is 15.1. The van der Waals surface area contributed by atoms with E-state index in [1.165, 1.54) is 6.20 Å². The Labute approximate surface area is 179 Å². The molecule has 0 saturated heterocycles. The third-order valence-corrected chi connectivity index (χ3v) is 4.57. The quantitative estimate of drug-likeness (QED) is 0.435. The average molecular weight is 417 g/mol. The van der Waals surface area contributed by atoms with E-state index in [0.29, 0.717) is 36.8 Å². The van der Waals surface area contributed by atoms with Gasteiger partial charge in [-0.05, 0) is 26.8 Å². The molecular weight excluding hydrogens is 394 g/mol.